The van der Waals surface area contributed by atoms with Crippen molar-refractivity contribution >= 4 is 0 Å². The molecule has 0 radical (unpaired) electrons. The van der Waals surface area contributed by atoms with E-state index in [0.717, 1.165) is 31.0 Å². The summed E-state index contributed by atoms with van der Waals surface area (Å²) in [5.41, 5.74) is 2.45. The van der Waals surface area contributed by atoms with Crippen molar-refractivity contribution in [2.45, 2.75) is 32.7 Å². The second kappa shape index (κ2) is 7.10. The lowest BCUT2D eigenvalue weighted by Gasteiger charge is -2.18. The van der Waals surface area contributed by atoms with E-state index in [1.165, 1.54) is 11.1 Å². The third-order valence-electron chi connectivity index (χ3n) is 3.35. The van der Waals surface area contributed by atoms with E-state index in [0.29, 0.717) is 0 Å². The van der Waals surface area contributed by atoms with Gasteiger partial charge in [0.25, 0.3) is 0 Å². The molecule has 0 saturated carbocycles. The van der Waals surface area contributed by atoms with Gasteiger partial charge in [-0.2, -0.15) is 0 Å². The number of hydrogen-bond acceptors (Lipinski definition) is 3. The van der Waals surface area contributed by atoms with Crippen LogP contribution in [0.4, 0.5) is 0 Å². The van der Waals surface area contributed by atoms with E-state index in [1.54, 1.807) is 13.3 Å². The predicted molar refractivity (Wildman–Crippen MR) is 81.1 cm³/mol. The van der Waals surface area contributed by atoms with Crippen LogP contribution in [0.1, 0.15) is 36.3 Å². The Labute approximate surface area is 120 Å². The molecule has 2 rings (SSSR count). The fourth-order valence-electron chi connectivity index (χ4n) is 2.34. The van der Waals surface area contributed by atoms with Gasteiger partial charge in [-0.1, -0.05) is 24.6 Å². The number of nitrogens with one attached hydrogen (secondary N) is 2. The topological polar surface area (TPSA) is 49.9 Å². The highest BCUT2D eigenvalue weighted by molar-refractivity contribution is 5.37. The van der Waals surface area contributed by atoms with Crippen molar-refractivity contribution in [3.8, 4) is 5.75 Å². The molecular formula is C16H23N3O. The number of aromatic nitrogens is 2. The first-order chi connectivity index (χ1) is 9.74. The van der Waals surface area contributed by atoms with Crippen molar-refractivity contribution in [2.75, 3.05) is 13.7 Å². The first kappa shape index (κ1) is 14.6. The summed E-state index contributed by atoms with van der Waals surface area (Å²) < 4.78 is 5.46. The minimum absolute atomic E-state index is 0.181. The molecule has 1 heterocycles. The van der Waals surface area contributed by atoms with Gasteiger partial charge in [-0.3, -0.25) is 0 Å². The molecular weight excluding hydrogens is 250 g/mol. The highest BCUT2D eigenvalue weighted by atomic mass is 16.5. The summed E-state index contributed by atoms with van der Waals surface area (Å²) in [6.07, 6.45) is 5.62. The van der Waals surface area contributed by atoms with Crippen LogP contribution in [0.15, 0.2) is 30.6 Å². The van der Waals surface area contributed by atoms with Gasteiger partial charge in [0, 0.05) is 12.4 Å². The lowest BCUT2D eigenvalue weighted by atomic mass is 10.0. The molecule has 1 unspecified atom stereocenters. The van der Waals surface area contributed by atoms with Crippen LogP contribution in [0.25, 0.3) is 0 Å². The Bertz CT molecular complexity index is 523. The van der Waals surface area contributed by atoms with E-state index in [9.17, 15) is 0 Å². The number of H-pyrrole nitrogens is 1. The lowest BCUT2D eigenvalue weighted by molar-refractivity contribution is 0.404. The van der Waals surface area contributed by atoms with Crippen LogP contribution in [0, 0.1) is 6.92 Å². The SMILES string of the molecule is CCCNC(Cc1cc(C)ccc1OC)c1ncc[nH]1. The molecule has 108 valence electrons. The summed E-state index contributed by atoms with van der Waals surface area (Å²) in [4.78, 5) is 7.59. The fourth-order valence-corrected chi connectivity index (χ4v) is 2.34. The number of aromatic amines is 1. The summed E-state index contributed by atoms with van der Waals surface area (Å²) in [6, 6.07) is 6.47. The molecule has 20 heavy (non-hydrogen) atoms. The summed E-state index contributed by atoms with van der Waals surface area (Å²) in [5.74, 6) is 1.91. The summed E-state index contributed by atoms with van der Waals surface area (Å²) >= 11 is 0. The number of ether oxygens (including phenoxy) is 1. The van der Waals surface area contributed by atoms with E-state index >= 15 is 0 Å². The van der Waals surface area contributed by atoms with Crippen molar-refractivity contribution in [3.63, 3.8) is 0 Å². The second-order valence-electron chi connectivity index (χ2n) is 5.00. The lowest BCUT2D eigenvalue weighted by Crippen LogP contribution is -2.25. The first-order valence-corrected chi connectivity index (χ1v) is 7.10. The summed E-state index contributed by atoms with van der Waals surface area (Å²) in [6.45, 7) is 5.24. The molecule has 0 aliphatic carbocycles. The number of rotatable bonds is 7. The van der Waals surface area contributed by atoms with Crippen LogP contribution in [0.3, 0.4) is 0 Å². The molecule has 2 N–H and O–H groups in total. The standard InChI is InChI=1S/C16H23N3O/c1-4-7-17-14(16-18-8-9-19-16)11-13-10-12(2)5-6-15(13)20-3/h5-6,8-10,14,17H,4,7,11H2,1-3H3,(H,18,19). The van der Waals surface area contributed by atoms with Gasteiger partial charge in [-0.05, 0) is 37.9 Å². The molecule has 0 bridgehead atoms. The van der Waals surface area contributed by atoms with E-state index in [1.807, 2.05) is 12.3 Å². The number of benzene rings is 1. The minimum Gasteiger partial charge on any atom is -0.496 e. The molecule has 0 spiro atoms. The number of imidazole rings is 1. The fraction of sp³-hybridized carbons (Fsp3) is 0.438. The average Bonchev–Trinajstić information content (AvgIpc) is 2.97. The Hall–Kier alpha value is -1.81. The van der Waals surface area contributed by atoms with Gasteiger partial charge in [0.1, 0.15) is 11.6 Å². The van der Waals surface area contributed by atoms with E-state index in [4.69, 9.17) is 4.74 Å². The Morgan fingerprint density at radius 1 is 1.40 bits per heavy atom. The molecule has 4 nitrogen and oxygen atoms in total. The Morgan fingerprint density at radius 3 is 2.90 bits per heavy atom. The minimum atomic E-state index is 0.181. The van der Waals surface area contributed by atoms with Crippen LogP contribution in [0.5, 0.6) is 5.75 Å². The normalized spacial score (nSPS) is 12.3. The maximum Gasteiger partial charge on any atom is 0.123 e. The molecule has 0 aliphatic rings. The molecule has 2 aromatic rings. The van der Waals surface area contributed by atoms with Crippen molar-refractivity contribution in [1.29, 1.82) is 0 Å². The van der Waals surface area contributed by atoms with Gasteiger partial charge in [0.2, 0.25) is 0 Å². The van der Waals surface area contributed by atoms with Gasteiger partial charge in [-0.25, -0.2) is 4.98 Å². The zero-order valence-electron chi connectivity index (χ0n) is 12.4. The quantitative estimate of drug-likeness (QED) is 0.815. The van der Waals surface area contributed by atoms with Gasteiger partial charge in [-0.15, -0.1) is 0 Å². The molecule has 0 amide bonds. The van der Waals surface area contributed by atoms with Gasteiger partial charge < -0.3 is 15.0 Å². The van der Waals surface area contributed by atoms with E-state index in [2.05, 4.69) is 41.3 Å². The van der Waals surface area contributed by atoms with Crippen LogP contribution in [0.2, 0.25) is 0 Å². The third-order valence-corrected chi connectivity index (χ3v) is 3.35. The average molecular weight is 273 g/mol. The molecule has 1 atom stereocenters. The van der Waals surface area contributed by atoms with Crippen molar-refractivity contribution in [2.24, 2.45) is 0 Å². The van der Waals surface area contributed by atoms with Gasteiger partial charge in [0.05, 0.1) is 13.2 Å². The van der Waals surface area contributed by atoms with Crippen molar-refractivity contribution in [1.82, 2.24) is 15.3 Å². The Balaban J connectivity index is 2.21. The largest absolute Gasteiger partial charge is 0.496 e. The summed E-state index contributed by atoms with van der Waals surface area (Å²) in [7, 11) is 1.72. The number of nitrogens with zero attached hydrogens (tertiary/aromatic N) is 1. The molecule has 0 saturated heterocycles. The van der Waals surface area contributed by atoms with Gasteiger partial charge in [0.15, 0.2) is 0 Å². The van der Waals surface area contributed by atoms with E-state index < -0.39 is 0 Å². The van der Waals surface area contributed by atoms with E-state index in [-0.39, 0.29) is 6.04 Å². The van der Waals surface area contributed by atoms with Crippen LogP contribution < -0.4 is 10.1 Å². The predicted octanol–water partition coefficient (Wildman–Crippen LogP) is 3.01. The zero-order valence-corrected chi connectivity index (χ0v) is 12.4. The molecule has 0 aliphatic heterocycles. The Morgan fingerprint density at radius 2 is 2.25 bits per heavy atom. The van der Waals surface area contributed by atoms with Crippen molar-refractivity contribution < 1.29 is 4.74 Å². The van der Waals surface area contributed by atoms with Gasteiger partial charge >= 0.3 is 0 Å². The summed E-state index contributed by atoms with van der Waals surface area (Å²) in [5, 5.41) is 3.54. The smallest absolute Gasteiger partial charge is 0.123 e. The number of methoxy groups -OCH3 is 1. The third kappa shape index (κ3) is 3.61. The van der Waals surface area contributed by atoms with Crippen LogP contribution >= 0.6 is 0 Å². The van der Waals surface area contributed by atoms with Crippen LogP contribution in [-0.4, -0.2) is 23.6 Å². The molecule has 4 heteroatoms. The molecule has 1 aromatic heterocycles. The molecule has 0 fully saturated rings. The monoisotopic (exact) mass is 273 g/mol. The highest BCUT2D eigenvalue weighted by Crippen LogP contribution is 2.25. The van der Waals surface area contributed by atoms with Crippen LogP contribution in [-0.2, 0) is 6.42 Å². The zero-order chi connectivity index (χ0) is 14.4. The highest BCUT2D eigenvalue weighted by Gasteiger charge is 2.16. The number of hydrogen-bond donors (Lipinski definition) is 2. The van der Waals surface area contributed by atoms with Crippen molar-refractivity contribution in [3.05, 3.63) is 47.5 Å². The first-order valence-electron chi connectivity index (χ1n) is 7.10. The molecule has 1 aromatic carbocycles. The Kier molecular flexibility index (Phi) is 5.18. The maximum atomic E-state index is 5.46. The second-order valence-corrected chi connectivity index (χ2v) is 5.00. The maximum absolute atomic E-state index is 5.46. The number of aryl methyl sites for hydroxylation is 1.